The SMILES string of the molecule is CNC(=O)N(C1=NCC(C)S1)c1ccc(C(F)(F)F)cc1. The molecule has 0 saturated heterocycles. The number of hydrogen-bond donors (Lipinski definition) is 1. The first-order chi connectivity index (χ1) is 9.82. The number of halogens is 3. The van der Waals surface area contributed by atoms with Crippen molar-refractivity contribution in [3.05, 3.63) is 29.8 Å². The Balaban J connectivity index is 2.32. The molecule has 2 amide bonds. The fraction of sp³-hybridized carbons (Fsp3) is 0.385. The predicted molar refractivity (Wildman–Crippen MR) is 77.7 cm³/mol. The molecule has 1 aliphatic rings. The Bertz CT molecular complexity index is 557. The molecule has 21 heavy (non-hydrogen) atoms. The Morgan fingerprint density at radius 1 is 1.38 bits per heavy atom. The van der Waals surface area contributed by atoms with E-state index < -0.39 is 17.8 Å². The average molecular weight is 317 g/mol. The van der Waals surface area contributed by atoms with Crippen molar-refractivity contribution < 1.29 is 18.0 Å². The summed E-state index contributed by atoms with van der Waals surface area (Å²) in [5.41, 5.74) is -0.403. The molecule has 114 valence electrons. The van der Waals surface area contributed by atoms with Gasteiger partial charge in [0.05, 0.1) is 17.8 Å². The van der Waals surface area contributed by atoms with Gasteiger partial charge in [-0.3, -0.25) is 4.99 Å². The second kappa shape index (κ2) is 5.97. The van der Waals surface area contributed by atoms with Gasteiger partial charge in [-0.05, 0) is 24.3 Å². The Morgan fingerprint density at radius 2 is 2.00 bits per heavy atom. The number of hydrogen-bond acceptors (Lipinski definition) is 3. The van der Waals surface area contributed by atoms with Crippen molar-refractivity contribution in [1.82, 2.24) is 5.32 Å². The van der Waals surface area contributed by atoms with Crippen molar-refractivity contribution in [3.8, 4) is 0 Å². The van der Waals surface area contributed by atoms with Crippen LogP contribution < -0.4 is 10.2 Å². The summed E-state index contributed by atoms with van der Waals surface area (Å²) in [6, 6.07) is 4.01. The van der Waals surface area contributed by atoms with Crippen molar-refractivity contribution in [1.29, 1.82) is 0 Å². The molecule has 1 atom stereocenters. The second-order valence-electron chi connectivity index (χ2n) is 4.49. The van der Waals surface area contributed by atoms with Crippen LogP contribution in [-0.2, 0) is 6.18 Å². The second-order valence-corrected chi connectivity index (χ2v) is 5.89. The van der Waals surface area contributed by atoms with Gasteiger partial charge in [-0.1, -0.05) is 18.7 Å². The van der Waals surface area contributed by atoms with Gasteiger partial charge in [0, 0.05) is 12.3 Å². The Morgan fingerprint density at radius 3 is 2.43 bits per heavy atom. The number of urea groups is 1. The van der Waals surface area contributed by atoms with Crippen molar-refractivity contribution >= 4 is 28.6 Å². The minimum atomic E-state index is -4.40. The lowest BCUT2D eigenvalue weighted by Gasteiger charge is -2.22. The maximum absolute atomic E-state index is 12.6. The van der Waals surface area contributed by atoms with Crippen LogP contribution >= 0.6 is 11.8 Å². The maximum atomic E-state index is 12.6. The van der Waals surface area contributed by atoms with E-state index in [-0.39, 0.29) is 5.25 Å². The van der Waals surface area contributed by atoms with Crippen LogP contribution in [-0.4, -0.2) is 30.0 Å². The lowest BCUT2D eigenvalue weighted by Crippen LogP contribution is -2.41. The first kappa shape index (κ1) is 15.7. The van der Waals surface area contributed by atoms with Gasteiger partial charge in [-0.2, -0.15) is 13.2 Å². The van der Waals surface area contributed by atoms with Crippen molar-refractivity contribution in [2.45, 2.75) is 18.3 Å². The Kier molecular flexibility index (Phi) is 4.46. The first-order valence-corrected chi connectivity index (χ1v) is 7.11. The summed E-state index contributed by atoms with van der Waals surface area (Å²) in [4.78, 5) is 17.5. The van der Waals surface area contributed by atoms with Gasteiger partial charge in [0.25, 0.3) is 0 Å². The summed E-state index contributed by atoms with van der Waals surface area (Å²) in [6.45, 7) is 2.55. The fourth-order valence-corrected chi connectivity index (χ4v) is 2.76. The molecule has 1 heterocycles. The summed E-state index contributed by atoms with van der Waals surface area (Å²) in [6.07, 6.45) is -4.40. The van der Waals surface area contributed by atoms with Gasteiger partial charge in [0.2, 0.25) is 0 Å². The number of carbonyl (C=O) groups excluding carboxylic acids is 1. The van der Waals surface area contributed by atoms with E-state index in [0.29, 0.717) is 17.4 Å². The van der Waals surface area contributed by atoms with Crippen LogP contribution in [0.1, 0.15) is 12.5 Å². The molecule has 0 aliphatic carbocycles. The number of amidine groups is 1. The molecule has 1 aliphatic heterocycles. The van der Waals surface area contributed by atoms with E-state index in [1.165, 1.54) is 35.8 Å². The monoisotopic (exact) mass is 317 g/mol. The lowest BCUT2D eigenvalue weighted by atomic mass is 10.2. The number of aliphatic imine (C=N–C) groups is 1. The van der Waals surface area contributed by atoms with Crippen LogP contribution in [0.25, 0.3) is 0 Å². The normalized spacial score (nSPS) is 18.3. The highest BCUT2D eigenvalue weighted by Crippen LogP contribution is 2.32. The molecule has 1 N–H and O–H groups in total. The summed E-state index contributed by atoms with van der Waals surface area (Å²) >= 11 is 1.41. The van der Waals surface area contributed by atoms with Crippen LogP contribution in [0.4, 0.5) is 23.7 Å². The highest BCUT2D eigenvalue weighted by molar-refractivity contribution is 8.15. The molecule has 0 aromatic heterocycles. The largest absolute Gasteiger partial charge is 0.416 e. The molecular weight excluding hydrogens is 303 g/mol. The third kappa shape index (κ3) is 3.49. The highest BCUT2D eigenvalue weighted by atomic mass is 32.2. The molecule has 8 heteroatoms. The topological polar surface area (TPSA) is 44.7 Å². The van der Waals surface area contributed by atoms with Crippen LogP contribution in [0, 0.1) is 0 Å². The molecule has 1 unspecified atom stereocenters. The van der Waals surface area contributed by atoms with Crippen LogP contribution in [0.5, 0.6) is 0 Å². The molecule has 1 aromatic carbocycles. The quantitative estimate of drug-likeness (QED) is 0.863. The van der Waals surface area contributed by atoms with E-state index in [1.54, 1.807) is 0 Å². The number of nitrogens with one attached hydrogen (secondary N) is 1. The molecule has 0 bridgehead atoms. The van der Waals surface area contributed by atoms with E-state index in [4.69, 9.17) is 0 Å². The van der Waals surface area contributed by atoms with E-state index in [2.05, 4.69) is 10.3 Å². The number of nitrogens with zero attached hydrogens (tertiary/aromatic N) is 2. The molecule has 0 fully saturated rings. The molecular formula is C13H14F3N3OS. The van der Waals surface area contributed by atoms with E-state index >= 15 is 0 Å². The Hall–Kier alpha value is -1.70. The molecule has 2 rings (SSSR count). The van der Waals surface area contributed by atoms with Crippen LogP contribution in [0.2, 0.25) is 0 Å². The number of anilines is 1. The number of rotatable bonds is 1. The summed E-state index contributed by atoms with van der Waals surface area (Å²) in [5.74, 6) is 0. The number of amides is 2. The molecule has 0 saturated carbocycles. The standard InChI is InChI=1S/C13H14F3N3OS/c1-8-7-18-12(21-8)19(11(20)17-2)10-5-3-9(4-6-10)13(14,15)16/h3-6,8H,7H2,1-2H3,(H,17,20). The first-order valence-electron chi connectivity index (χ1n) is 6.23. The number of carbonyl (C=O) groups is 1. The van der Waals surface area contributed by atoms with Crippen molar-refractivity contribution in [2.75, 3.05) is 18.5 Å². The van der Waals surface area contributed by atoms with E-state index in [0.717, 1.165) is 12.1 Å². The van der Waals surface area contributed by atoms with Gasteiger partial charge in [0.15, 0.2) is 5.17 Å². The van der Waals surface area contributed by atoms with Crippen molar-refractivity contribution in [3.63, 3.8) is 0 Å². The fourth-order valence-electron chi connectivity index (χ4n) is 1.81. The lowest BCUT2D eigenvalue weighted by molar-refractivity contribution is -0.137. The minimum Gasteiger partial charge on any atom is -0.340 e. The third-order valence-electron chi connectivity index (χ3n) is 2.85. The highest BCUT2D eigenvalue weighted by Gasteiger charge is 2.31. The number of benzene rings is 1. The van der Waals surface area contributed by atoms with Crippen LogP contribution in [0.3, 0.4) is 0 Å². The van der Waals surface area contributed by atoms with Gasteiger partial charge < -0.3 is 5.32 Å². The number of alkyl halides is 3. The predicted octanol–water partition coefficient (Wildman–Crippen LogP) is 3.34. The Labute approximate surface area is 124 Å². The maximum Gasteiger partial charge on any atom is 0.416 e. The molecule has 0 spiro atoms. The number of thioether (sulfide) groups is 1. The minimum absolute atomic E-state index is 0.238. The molecule has 1 aromatic rings. The molecule has 0 radical (unpaired) electrons. The van der Waals surface area contributed by atoms with E-state index in [1.807, 2.05) is 6.92 Å². The zero-order valence-corrected chi connectivity index (χ0v) is 12.3. The van der Waals surface area contributed by atoms with E-state index in [9.17, 15) is 18.0 Å². The van der Waals surface area contributed by atoms with Gasteiger partial charge in [-0.15, -0.1) is 0 Å². The summed E-state index contributed by atoms with van der Waals surface area (Å²) < 4.78 is 37.7. The van der Waals surface area contributed by atoms with Crippen LogP contribution in [0.15, 0.2) is 29.3 Å². The zero-order valence-electron chi connectivity index (χ0n) is 11.4. The van der Waals surface area contributed by atoms with Gasteiger partial charge in [0.1, 0.15) is 0 Å². The summed E-state index contributed by atoms with van der Waals surface area (Å²) in [5, 5.41) is 3.20. The van der Waals surface area contributed by atoms with Gasteiger partial charge >= 0.3 is 12.2 Å². The average Bonchev–Trinajstić information content (AvgIpc) is 2.84. The zero-order chi connectivity index (χ0) is 15.6. The molecule has 4 nitrogen and oxygen atoms in total. The smallest absolute Gasteiger partial charge is 0.340 e. The van der Waals surface area contributed by atoms with Crippen molar-refractivity contribution in [2.24, 2.45) is 4.99 Å². The summed E-state index contributed by atoms with van der Waals surface area (Å²) in [7, 11) is 1.46. The third-order valence-corrected chi connectivity index (χ3v) is 3.93. The van der Waals surface area contributed by atoms with Gasteiger partial charge in [-0.25, -0.2) is 9.69 Å².